The summed E-state index contributed by atoms with van der Waals surface area (Å²) < 4.78 is 34.1. The van der Waals surface area contributed by atoms with Crippen LogP contribution in [0.2, 0.25) is 0 Å². The molecule has 10 heteroatoms. The van der Waals surface area contributed by atoms with Crippen LogP contribution in [0.4, 0.5) is 0 Å². The number of phosphoric ester groups is 1. The van der Waals surface area contributed by atoms with Crippen molar-refractivity contribution in [2.24, 2.45) is 0 Å². The molecule has 0 saturated carbocycles. The van der Waals surface area contributed by atoms with E-state index in [2.05, 4.69) is 38.2 Å². The zero-order valence-electron chi connectivity index (χ0n) is 31.5. The van der Waals surface area contributed by atoms with Gasteiger partial charge in [0.05, 0.1) is 27.7 Å². The highest BCUT2D eigenvalue weighted by atomic mass is 31.2. The van der Waals surface area contributed by atoms with E-state index in [9.17, 15) is 19.0 Å². The first-order chi connectivity index (χ1) is 23.0. The largest absolute Gasteiger partial charge is 0.472 e. The van der Waals surface area contributed by atoms with Crippen LogP contribution in [-0.2, 0) is 32.7 Å². The van der Waals surface area contributed by atoms with E-state index >= 15 is 0 Å². The van der Waals surface area contributed by atoms with Gasteiger partial charge in [0.2, 0.25) is 0 Å². The highest BCUT2D eigenvalue weighted by molar-refractivity contribution is 7.47. The van der Waals surface area contributed by atoms with Gasteiger partial charge in [0, 0.05) is 12.8 Å². The summed E-state index contributed by atoms with van der Waals surface area (Å²) in [5, 5.41) is 0. The monoisotopic (exact) mass is 703 g/mol. The van der Waals surface area contributed by atoms with Crippen LogP contribution in [0.3, 0.4) is 0 Å². The van der Waals surface area contributed by atoms with Crippen LogP contribution in [-0.4, -0.2) is 74.9 Å². The van der Waals surface area contributed by atoms with E-state index in [1.807, 2.05) is 21.1 Å². The number of rotatable bonds is 34. The third-order valence-corrected chi connectivity index (χ3v) is 8.97. The lowest BCUT2D eigenvalue weighted by Crippen LogP contribution is -2.37. The summed E-state index contributed by atoms with van der Waals surface area (Å²) in [6.07, 6.45) is 30.8. The number of quaternary nitrogens is 1. The molecule has 0 aromatic rings. The Kier molecular flexibility index (Phi) is 30.5. The number of unbranched alkanes of at least 4 members (excludes halogenated alkanes) is 16. The highest BCUT2D eigenvalue weighted by Crippen LogP contribution is 2.43. The number of esters is 2. The molecule has 0 bridgehead atoms. The number of hydrogen-bond acceptors (Lipinski definition) is 7. The van der Waals surface area contributed by atoms with Gasteiger partial charge >= 0.3 is 19.8 Å². The smallest absolute Gasteiger partial charge is 0.462 e. The van der Waals surface area contributed by atoms with Crippen LogP contribution in [0.25, 0.3) is 0 Å². The van der Waals surface area contributed by atoms with E-state index in [0.717, 1.165) is 57.8 Å². The molecule has 0 aliphatic heterocycles. The van der Waals surface area contributed by atoms with E-state index in [4.69, 9.17) is 18.5 Å². The van der Waals surface area contributed by atoms with Crippen molar-refractivity contribution in [3.63, 3.8) is 0 Å². The molecule has 0 aromatic carbocycles. The number of allylic oxidation sites excluding steroid dienone is 4. The molecule has 0 fully saturated rings. The average Bonchev–Trinajstić information content (AvgIpc) is 3.02. The van der Waals surface area contributed by atoms with Gasteiger partial charge in [-0.3, -0.25) is 18.6 Å². The van der Waals surface area contributed by atoms with Crippen molar-refractivity contribution in [1.82, 2.24) is 0 Å². The number of phosphoric acid groups is 1. The molecule has 0 rings (SSSR count). The fourth-order valence-corrected chi connectivity index (χ4v) is 5.67. The lowest BCUT2D eigenvalue weighted by Gasteiger charge is -2.24. The maximum atomic E-state index is 12.6. The topological polar surface area (TPSA) is 108 Å². The Balaban J connectivity index is 4.45. The summed E-state index contributed by atoms with van der Waals surface area (Å²) in [4.78, 5) is 35.1. The van der Waals surface area contributed by atoms with E-state index in [1.165, 1.54) is 64.2 Å². The van der Waals surface area contributed by atoms with Gasteiger partial charge in [-0.05, 0) is 44.9 Å². The first-order valence-corrected chi connectivity index (χ1v) is 20.6. The van der Waals surface area contributed by atoms with E-state index < -0.39 is 26.5 Å². The van der Waals surface area contributed by atoms with Crippen LogP contribution in [0.15, 0.2) is 24.3 Å². The lowest BCUT2D eigenvalue weighted by atomic mass is 10.1. The maximum Gasteiger partial charge on any atom is 0.472 e. The SMILES string of the molecule is CCCCC/C=C\C/C=C\CCCCCCCC(=O)OC(COC(=O)CCCCCCCCCCC)COP(=O)(O)OCC[N+](C)(C)C. The number of nitrogens with zero attached hydrogens (tertiary/aromatic N) is 1. The first kappa shape index (κ1) is 46.5. The Labute approximate surface area is 294 Å². The van der Waals surface area contributed by atoms with Crippen LogP contribution >= 0.6 is 7.82 Å². The second-order valence-electron chi connectivity index (χ2n) is 14.0. The molecule has 2 unspecified atom stereocenters. The average molecular weight is 703 g/mol. The normalized spacial score (nSPS) is 14.0. The van der Waals surface area contributed by atoms with E-state index in [1.54, 1.807) is 0 Å². The van der Waals surface area contributed by atoms with Crippen molar-refractivity contribution < 1.29 is 42.1 Å². The second kappa shape index (κ2) is 31.5. The molecule has 9 nitrogen and oxygen atoms in total. The van der Waals surface area contributed by atoms with Crippen LogP contribution in [0.5, 0.6) is 0 Å². The molecule has 0 spiro atoms. The van der Waals surface area contributed by atoms with Crippen molar-refractivity contribution in [2.45, 2.75) is 161 Å². The van der Waals surface area contributed by atoms with Crippen LogP contribution in [0.1, 0.15) is 155 Å². The molecular weight excluding hydrogens is 629 g/mol. The van der Waals surface area contributed by atoms with Gasteiger partial charge in [-0.15, -0.1) is 0 Å². The molecule has 2 atom stereocenters. The number of likely N-dealkylation sites (N-methyl/N-ethyl adjacent to an activating group) is 1. The molecule has 0 amide bonds. The number of carbonyl (C=O) groups is 2. The number of carbonyl (C=O) groups excluding carboxylic acids is 2. The number of ether oxygens (including phenoxy) is 2. The molecule has 0 radical (unpaired) electrons. The number of hydrogen-bond donors (Lipinski definition) is 1. The van der Waals surface area contributed by atoms with Crippen molar-refractivity contribution in [1.29, 1.82) is 0 Å². The third-order valence-electron chi connectivity index (χ3n) is 7.98. The molecule has 48 heavy (non-hydrogen) atoms. The van der Waals surface area contributed by atoms with E-state index in [0.29, 0.717) is 17.4 Å². The molecular formula is C38H73NO8P+. The Morgan fingerprint density at radius 2 is 1.12 bits per heavy atom. The zero-order valence-corrected chi connectivity index (χ0v) is 32.4. The Bertz CT molecular complexity index is 886. The standard InChI is InChI=1S/C38H72NO8P/c1-6-8-10-12-14-16-17-18-19-20-21-23-25-27-29-31-38(41)47-36(35-46-48(42,43)45-33-32-39(3,4)5)34-44-37(40)30-28-26-24-22-15-13-11-9-7-2/h14,16,18-19,36H,6-13,15,17,20-35H2,1-5H3/p+1/b16-14-,19-18-. The quantitative estimate of drug-likeness (QED) is 0.0232. The minimum Gasteiger partial charge on any atom is -0.462 e. The van der Waals surface area contributed by atoms with Crippen molar-refractivity contribution in [3.05, 3.63) is 24.3 Å². The van der Waals surface area contributed by atoms with Gasteiger partial charge in [0.15, 0.2) is 6.10 Å². The lowest BCUT2D eigenvalue weighted by molar-refractivity contribution is -0.870. The summed E-state index contributed by atoms with van der Waals surface area (Å²) in [7, 11) is 1.47. The predicted molar refractivity (Wildman–Crippen MR) is 197 cm³/mol. The van der Waals surface area contributed by atoms with Gasteiger partial charge in [-0.25, -0.2) is 4.57 Å². The molecule has 0 heterocycles. The van der Waals surface area contributed by atoms with Crippen molar-refractivity contribution >= 4 is 19.8 Å². The van der Waals surface area contributed by atoms with Gasteiger partial charge < -0.3 is 18.9 Å². The Hall–Kier alpha value is -1.51. The molecule has 0 aliphatic carbocycles. The second-order valence-corrected chi connectivity index (χ2v) is 15.4. The molecule has 282 valence electrons. The predicted octanol–water partition coefficient (Wildman–Crippen LogP) is 10.0. The van der Waals surface area contributed by atoms with Crippen molar-refractivity contribution in [3.8, 4) is 0 Å². The summed E-state index contributed by atoms with van der Waals surface area (Å²) in [6, 6.07) is 0. The summed E-state index contributed by atoms with van der Waals surface area (Å²) in [5.74, 6) is -0.818. The highest BCUT2D eigenvalue weighted by Gasteiger charge is 2.27. The van der Waals surface area contributed by atoms with Gasteiger partial charge in [0.1, 0.15) is 19.8 Å². The molecule has 0 aliphatic rings. The van der Waals surface area contributed by atoms with Gasteiger partial charge in [-0.2, -0.15) is 0 Å². The molecule has 0 aromatic heterocycles. The summed E-state index contributed by atoms with van der Waals surface area (Å²) in [5.41, 5.74) is 0. The van der Waals surface area contributed by atoms with E-state index in [-0.39, 0.29) is 32.0 Å². The summed E-state index contributed by atoms with van der Waals surface area (Å²) in [6.45, 7) is 4.34. The fourth-order valence-electron chi connectivity index (χ4n) is 4.92. The minimum atomic E-state index is -4.36. The zero-order chi connectivity index (χ0) is 35.8. The summed E-state index contributed by atoms with van der Waals surface area (Å²) >= 11 is 0. The Morgan fingerprint density at radius 3 is 1.69 bits per heavy atom. The molecule has 1 N–H and O–H groups in total. The third kappa shape index (κ3) is 34.4. The maximum absolute atomic E-state index is 12.6. The Morgan fingerprint density at radius 1 is 0.646 bits per heavy atom. The van der Waals surface area contributed by atoms with Crippen LogP contribution < -0.4 is 0 Å². The van der Waals surface area contributed by atoms with Gasteiger partial charge in [-0.1, -0.05) is 122 Å². The van der Waals surface area contributed by atoms with Crippen molar-refractivity contribution in [2.75, 3.05) is 47.5 Å². The first-order valence-electron chi connectivity index (χ1n) is 19.1. The van der Waals surface area contributed by atoms with Gasteiger partial charge in [0.25, 0.3) is 0 Å². The van der Waals surface area contributed by atoms with Crippen LogP contribution in [0, 0.1) is 0 Å². The minimum absolute atomic E-state index is 0.0300. The fraction of sp³-hybridized carbons (Fsp3) is 0.842. The molecule has 0 saturated heterocycles.